The zero-order valence-electron chi connectivity index (χ0n) is 12.1. The van der Waals surface area contributed by atoms with Gasteiger partial charge >= 0.3 is 6.02 Å². The molecule has 0 saturated heterocycles. The summed E-state index contributed by atoms with van der Waals surface area (Å²) >= 11 is 0. The Kier molecular flexibility index (Phi) is 3.08. The average Bonchev–Trinajstić information content (AvgIpc) is 2.80. The second-order valence-corrected chi connectivity index (χ2v) is 4.99. The Morgan fingerprint density at radius 2 is 2.17 bits per heavy atom. The van der Waals surface area contributed by atoms with Crippen molar-refractivity contribution in [2.45, 2.75) is 6.42 Å². The van der Waals surface area contributed by atoms with Crippen LogP contribution >= 0.6 is 0 Å². The third-order valence-electron chi connectivity index (χ3n) is 3.40. The molecule has 2 bridgehead atoms. The van der Waals surface area contributed by atoms with Gasteiger partial charge in [-0.3, -0.25) is 10.1 Å². The van der Waals surface area contributed by atoms with Crippen LogP contribution in [-0.4, -0.2) is 31.9 Å². The van der Waals surface area contributed by atoms with Crippen molar-refractivity contribution in [1.29, 1.82) is 0 Å². The maximum absolute atomic E-state index is 13.8. The number of rotatable bonds is 1. The minimum absolute atomic E-state index is 0.0198. The summed E-state index contributed by atoms with van der Waals surface area (Å²) in [5.74, 6) is -0.155. The smallest absolute Gasteiger partial charge is 0.301 e. The Morgan fingerprint density at radius 3 is 3.04 bits per heavy atom. The molecular formula is C14H10FN7O2. The number of carbonyl (C=O) groups is 1. The molecule has 9 nitrogen and oxygen atoms in total. The van der Waals surface area contributed by atoms with Crippen LogP contribution in [0.1, 0.15) is 16.9 Å². The van der Waals surface area contributed by atoms with Gasteiger partial charge in [0.25, 0.3) is 5.91 Å². The van der Waals surface area contributed by atoms with E-state index in [0.717, 1.165) is 12.0 Å². The second-order valence-electron chi connectivity index (χ2n) is 4.99. The van der Waals surface area contributed by atoms with Crippen LogP contribution in [0.3, 0.4) is 0 Å². The number of hydrogen-bond acceptors (Lipinski definition) is 7. The van der Waals surface area contributed by atoms with Crippen LogP contribution in [0.15, 0.2) is 47.1 Å². The lowest BCUT2D eigenvalue weighted by Crippen LogP contribution is -2.34. The van der Waals surface area contributed by atoms with Gasteiger partial charge < -0.3 is 10.5 Å². The lowest BCUT2D eigenvalue weighted by atomic mass is 10.2. The van der Waals surface area contributed by atoms with Crippen LogP contribution in [0.4, 0.5) is 10.3 Å². The normalized spacial score (nSPS) is 16.0. The molecule has 2 aliphatic rings. The van der Waals surface area contributed by atoms with Crippen molar-refractivity contribution in [2.75, 3.05) is 5.73 Å². The Balaban J connectivity index is 1.68. The van der Waals surface area contributed by atoms with Crippen LogP contribution in [0, 0.1) is 0 Å². The van der Waals surface area contributed by atoms with Crippen LogP contribution in [0.5, 0.6) is 0 Å². The van der Waals surface area contributed by atoms with E-state index in [0.29, 0.717) is 12.2 Å². The number of amidine groups is 1. The first-order valence-corrected chi connectivity index (χ1v) is 6.91. The molecule has 0 saturated carbocycles. The van der Waals surface area contributed by atoms with Gasteiger partial charge in [-0.1, -0.05) is 21.5 Å². The van der Waals surface area contributed by atoms with E-state index in [-0.39, 0.29) is 33.5 Å². The number of nitrogen functional groups attached to an aromatic ring is 1. The summed E-state index contributed by atoms with van der Waals surface area (Å²) in [6.45, 7) is 0. The van der Waals surface area contributed by atoms with Gasteiger partial charge in [0.15, 0.2) is 11.3 Å². The van der Waals surface area contributed by atoms with Crippen molar-refractivity contribution in [1.82, 2.24) is 25.3 Å². The van der Waals surface area contributed by atoms with E-state index in [2.05, 4.69) is 25.4 Å². The highest BCUT2D eigenvalue weighted by atomic mass is 19.2. The molecule has 10 heteroatoms. The molecule has 0 spiro atoms. The monoisotopic (exact) mass is 327 g/mol. The van der Waals surface area contributed by atoms with Gasteiger partial charge in [0.2, 0.25) is 0 Å². The third-order valence-corrected chi connectivity index (χ3v) is 3.40. The Morgan fingerprint density at radius 1 is 1.33 bits per heavy atom. The summed E-state index contributed by atoms with van der Waals surface area (Å²) in [7, 11) is 0. The number of nitrogens with two attached hydrogens (primary N) is 1. The van der Waals surface area contributed by atoms with E-state index >= 15 is 0 Å². The average molecular weight is 327 g/mol. The number of aromatic nitrogens is 4. The largest absolute Gasteiger partial charge is 0.430 e. The Bertz CT molecular complexity index is 986. The lowest BCUT2D eigenvalue weighted by molar-refractivity contribution is 0.0962. The second kappa shape index (κ2) is 5.26. The van der Waals surface area contributed by atoms with E-state index in [1.807, 2.05) is 6.08 Å². The quantitative estimate of drug-likeness (QED) is 0.805. The number of halogens is 1. The van der Waals surface area contributed by atoms with Gasteiger partial charge in [-0.25, -0.2) is 15.0 Å². The number of nitrogens with zero attached hydrogens (tertiary/aromatic N) is 5. The van der Waals surface area contributed by atoms with E-state index in [9.17, 15) is 9.28 Å². The molecule has 0 atom stereocenters. The molecule has 24 heavy (non-hydrogen) atoms. The minimum atomic E-state index is -0.732. The highest BCUT2D eigenvalue weighted by Crippen LogP contribution is 2.23. The van der Waals surface area contributed by atoms with Crippen LogP contribution < -0.4 is 11.1 Å². The maximum Gasteiger partial charge on any atom is 0.301 e. The van der Waals surface area contributed by atoms with E-state index in [4.69, 9.17) is 10.5 Å². The highest BCUT2D eigenvalue weighted by molar-refractivity contribution is 6.12. The highest BCUT2D eigenvalue weighted by Gasteiger charge is 2.24. The van der Waals surface area contributed by atoms with Crippen LogP contribution in [0.2, 0.25) is 0 Å². The summed E-state index contributed by atoms with van der Waals surface area (Å²) < 4.78 is 19.2. The molecule has 0 fully saturated rings. The fourth-order valence-electron chi connectivity index (χ4n) is 2.36. The number of aliphatic imine (C=N–C) groups is 1. The van der Waals surface area contributed by atoms with Crippen molar-refractivity contribution in [2.24, 2.45) is 4.99 Å². The van der Waals surface area contributed by atoms with Gasteiger partial charge in [0.05, 0.1) is 11.1 Å². The number of carbonyl (C=O) groups excluding carboxylic acids is 1. The molecular weight excluding hydrogens is 317 g/mol. The molecule has 4 rings (SSSR count). The van der Waals surface area contributed by atoms with Gasteiger partial charge in [-0.05, 0) is 12.2 Å². The van der Waals surface area contributed by atoms with Crippen LogP contribution in [0.25, 0.3) is 11.0 Å². The molecule has 0 radical (unpaired) electrons. The van der Waals surface area contributed by atoms with E-state index in [1.165, 1.54) is 0 Å². The minimum Gasteiger partial charge on any atom is -0.430 e. The fraction of sp³-hybridized carbons (Fsp3) is 0.0714. The van der Waals surface area contributed by atoms with Gasteiger partial charge in [-0.2, -0.15) is 0 Å². The summed E-state index contributed by atoms with van der Waals surface area (Å²) in [6.07, 6.45) is 8.80. The number of hydrogen-bond donors (Lipinski definition) is 2. The van der Waals surface area contributed by atoms with Crippen molar-refractivity contribution in [3.05, 3.63) is 47.8 Å². The Hall–Kier alpha value is -3.56. The molecule has 3 N–H and O–H groups in total. The molecule has 0 aromatic carbocycles. The lowest BCUT2D eigenvalue weighted by Gasteiger charge is -2.17. The Labute approximate surface area is 134 Å². The van der Waals surface area contributed by atoms with Gasteiger partial charge in [0, 0.05) is 6.42 Å². The van der Waals surface area contributed by atoms with Gasteiger partial charge in [0.1, 0.15) is 17.9 Å². The molecule has 120 valence electrons. The first-order chi connectivity index (χ1) is 11.6. The molecule has 3 heterocycles. The van der Waals surface area contributed by atoms with Crippen molar-refractivity contribution >= 4 is 28.8 Å². The number of anilines is 1. The van der Waals surface area contributed by atoms with Crippen molar-refractivity contribution in [3.8, 4) is 0 Å². The number of fused-ring (bicyclic) bond motifs is 3. The first-order valence-electron chi connectivity index (χ1n) is 6.91. The SMILES string of the molecule is Nc1ncnc2c1c(C(=O)NC1=NC3=CC=CC=C(C3)O1)nn2F. The van der Waals surface area contributed by atoms with Crippen molar-refractivity contribution < 1.29 is 14.0 Å². The molecule has 2 aromatic rings. The van der Waals surface area contributed by atoms with E-state index in [1.54, 1.807) is 18.2 Å². The topological polar surface area (TPSA) is 120 Å². The first kappa shape index (κ1) is 14.1. The third kappa shape index (κ3) is 2.29. The summed E-state index contributed by atoms with van der Waals surface area (Å²) in [5, 5.41) is 5.98. The molecule has 0 unspecified atom stereocenters. The maximum atomic E-state index is 13.8. The molecule has 2 aromatic heterocycles. The zero-order valence-corrected chi connectivity index (χ0v) is 12.1. The standard InChI is InChI=1S/C14H10FN7O2/c15-22-12-9(11(16)17-6-18-12)10(21-22)13(23)20-14-19-7-3-1-2-4-8(5-7)24-14/h1-4,6H,5H2,(H2,16,17,18)(H,19,20,23). The summed E-state index contributed by atoms with van der Waals surface area (Å²) in [6, 6.07) is -0.0237. The predicted molar refractivity (Wildman–Crippen MR) is 82.2 cm³/mol. The van der Waals surface area contributed by atoms with Gasteiger partial charge in [-0.15, -0.1) is 5.10 Å². The summed E-state index contributed by atoms with van der Waals surface area (Å²) in [5.41, 5.74) is 5.97. The van der Waals surface area contributed by atoms with Crippen molar-refractivity contribution in [3.63, 3.8) is 0 Å². The number of nitrogens with one attached hydrogen (secondary N) is 1. The number of ether oxygens (including phenoxy) is 1. The predicted octanol–water partition coefficient (Wildman–Crippen LogP) is 0.985. The van der Waals surface area contributed by atoms with Crippen LogP contribution in [-0.2, 0) is 4.74 Å². The summed E-state index contributed by atoms with van der Waals surface area (Å²) in [4.78, 5) is 24.0. The van der Waals surface area contributed by atoms with E-state index < -0.39 is 5.91 Å². The molecule has 1 aliphatic heterocycles. The fourth-order valence-corrected chi connectivity index (χ4v) is 2.36. The number of allylic oxidation sites excluding steroid dienone is 4. The molecule has 1 aliphatic carbocycles. The zero-order chi connectivity index (χ0) is 16.7. The number of amides is 1. The molecule has 1 amide bonds.